The summed E-state index contributed by atoms with van der Waals surface area (Å²) in [5, 5.41) is 5.88. The number of amides is 3. The van der Waals surface area contributed by atoms with Gasteiger partial charge < -0.3 is 29.7 Å². The van der Waals surface area contributed by atoms with Crippen LogP contribution in [0.25, 0.3) is 0 Å². The van der Waals surface area contributed by atoms with E-state index in [9.17, 15) is 9.59 Å². The second-order valence-electron chi connectivity index (χ2n) is 7.24. The fraction of sp³-hybridized carbons (Fsp3) is 0.619. The normalized spacial score (nSPS) is 16.8. The summed E-state index contributed by atoms with van der Waals surface area (Å²) in [6.45, 7) is 6.30. The Kier molecular flexibility index (Phi) is 7.98. The molecule has 8 heteroatoms. The minimum atomic E-state index is -0.157. The lowest BCUT2D eigenvalue weighted by Crippen LogP contribution is -2.44. The summed E-state index contributed by atoms with van der Waals surface area (Å²) >= 11 is 0. The first-order chi connectivity index (χ1) is 14.2. The number of carbonyl (C=O) groups excluding carboxylic acids is 2. The molecule has 2 aliphatic heterocycles. The number of hydrogen-bond acceptors (Lipinski definition) is 5. The van der Waals surface area contributed by atoms with Crippen LogP contribution in [0.3, 0.4) is 0 Å². The van der Waals surface area contributed by atoms with Gasteiger partial charge in [0.15, 0.2) is 11.5 Å². The van der Waals surface area contributed by atoms with E-state index in [1.54, 1.807) is 11.0 Å². The zero-order chi connectivity index (χ0) is 20.5. The Balaban J connectivity index is 1.42. The molecule has 1 aromatic carbocycles. The van der Waals surface area contributed by atoms with Crippen LogP contribution in [0.4, 0.5) is 10.5 Å². The van der Waals surface area contributed by atoms with E-state index in [0.717, 1.165) is 12.8 Å². The van der Waals surface area contributed by atoms with Crippen molar-refractivity contribution in [1.82, 2.24) is 10.2 Å². The summed E-state index contributed by atoms with van der Waals surface area (Å²) in [6.07, 6.45) is 3.00. The molecule has 1 aromatic rings. The molecule has 0 spiro atoms. The number of nitrogens with zero attached hydrogens (tertiary/aromatic N) is 1. The average molecular weight is 405 g/mol. The number of fused-ring (bicyclic) bond motifs is 1. The van der Waals surface area contributed by atoms with Crippen molar-refractivity contribution in [2.24, 2.45) is 5.92 Å². The van der Waals surface area contributed by atoms with Crippen molar-refractivity contribution in [2.45, 2.75) is 32.6 Å². The molecule has 0 unspecified atom stereocenters. The fourth-order valence-corrected chi connectivity index (χ4v) is 3.46. The molecule has 8 nitrogen and oxygen atoms in total. The van der Waals surface area contributed by atoms with Crippen LogP contribution >= 0.6 is 0 Å². The molecule has 0 radical (unpaired) electrons. The largest absolute Gasteiger partial charge is 0.490 e. The summed E-state index contributed by atoms with van der Waals surface area (Å²) in [5.41, 5.74) is 0.674. The van der Waals surface area contributed by atoms with E-state index in [1.807, 2.05) is 19.1 Å². The summed E-state index contributed by atoms with van der Waals surface area (Å²) in [6, 6.07) is 5.27. The smallest absolute Gasteiger partial charge is 0.321 e. The first-order valence-corrected chi connectivity index (χ1v) is 10.5. The highest BCUT2D eigenvalue weighted by Crippen LogP contribution is 2.32. The van der Waals surface area contributed by atoms with Gasteiger partial charge in [-0.3, -0.25) is 4.79 Å². The summed E-state index contributed by atoms with van der Waals surface area (Å²) in [5.74, 6) is 1.39. The van der Waals surface area contributed by atoms with Crippen LogP contribution in [0.2, 0.25) is 0 Å². The zero-order valence-electron chi connectivity index (χ0n) is 17.1. The lowest BCUT2D eigenvalue weighted by molar-refractivity contribution is -0.126. The number of urea groups is 1. The van der Waals surface area contributed by atoms with Crippen LogP contribution in [-0.4, -0.2) is 62.9 Å². The number of ether oxygens (including phenoxy) is 3. The lowest BCUT2D eigenvalue weighted by atomic mass is 9.96. The molecule has 2 N–H and O–H groups in total. The Labute approximate surface area is 171 Å². The standard InChI is InChI=1S/C21H31N3O5/c1-2-27-12-3-9-22-20(25)16-7-10-24(11-8-16)21(26)23-17-5-6-18-19(15-17)29-14-4-13-28-18/h5-6,15-16H,2-4,7-14H2,1H3,(H,22,25)(H,23,26). The average Bonchev–Trinajstić information content (AvgIpc) is 2.98. The number of nitrogens with one attached hydrogen (secondary N) is 2. The van der Waals surface area contributed by atoms with Crippen molar-refractivity contribution < 1.29 is 23.8 Å². The van der Waals surface area contributed by atoms with E-state index >= 15 is 0 Å². The quantitative estimate of drug-likeness (QED) is 0.681. The first kappa shape index (κ1) is 21.2. The molecule has 2 aliphatic rings. The SMILES string of the molecule is CCOCCCNC(=O)C1CCN(C(=O)Nc2ccc3c(c2)OCCCO3)CC1. The van der Waals surface area contributed by atoms with Crippen LogP contribution in [0, 0.1) is 5.92 Å². The van der Waals surface area contributed by atoms with E-state index < -0.39 is 0 Å². The third-order valence-electron chi connectivity index (χ3n) is 5.12. The zero-order valence-corrected chi connectivity index (χ0v) is 17.1. The van der Waals surface area contributed by atoms with E-state index in [4.69, 9.17) is 14.2 Å². The van der Waals surface area contributed by atoms with Gasteiger partial charge in [0.05, 0.1) is 13.2 Å². The van der Waals surface area contributed by atoms with Gasteiger partial charge in [0.2, 0.25) is 5.91 Å². The molecule has 3 amide bonds. The van der Waals surface area contributed by atoms with Gasteiger partial charge in [-0.05, 0) is 38.3 Å². The molecule has 0 aliphatic carbocycles. The molecule has 0 aromatic heterocycles. The van der Waals surface area contributed by atoms with Crippen molar-refractivity contribution in [3.05, 3.63) is 18.2 Å². The van der Waals surface area contributed by atoms with E-state index in [1.165, 1.54) is 0 Å². The third-order valence-corrected chi connectivity index (χ3v) is 5.12. The van der Waals surface area contributed by atoms with E-state index in [2.05, 4.69) is 10.6 Å². The number of rotatable bonds is 7. The number of piperidine rings is 1. The highest BCUT2D eigenvalue weighted by molar-refractivity contribution is 5.90. The molecule has 0 saturated carbocycles. The number of likely N-dealkylation sites (tertiary alicyclic amines) is 1. The molecule has 3 rings (SSSR count). The topological polar surface area (TPSA) is 89.1 Å². The van der Waals surface area contributed by atoms with Crippen LogP contribution in [-0.2, 0) is 9.53 Å². The molecule has 29 heavy (non-hydrogen) atoms. The van der Waals surface area contributed by atoms with Crippen LogP contribution in [0.5, 0.6) is 11.5 Å². The summed E-state index contributed by atoms with van der Waals surface area (Å²) in [7, 11) is 0. The summed E-state index contributed by atoms with van der Waals surface area (Å²) < 4.78 is 16.6. The molecular formula is C21H31N3O5. The van der Waals surface area contributed by atoms with Gasteiger partial charge in [-0.1, -0.05) is 0 Å². The molecule has 0 bridgehead atoms. The highest BCUT2D eigenvalue weighted by atomic mass is 16.5. The second kappa shape index (κ2) is 10.9. The molecule has 1 fully saturated rings. The second-order valence-corrected chi connectivity index (χ2v) is 7.24. The van der Waals surface area contributed by atoms with Crippen LogP contribution < -0.4 is 20.1 Å². The Morgan fingerprint density at radius 2 is 1.93 bits per heavy atom. The minimum absolute atomic E-state index is 0.0378. The number of anilines is 1. The maximum Gasteiger partial charge on any atom is 0.321 e. The van der Waals surface area contributed by atoms with Gasteiger partial charge in [0.1, 0.15) is 0 Å². The van der Waals surface area contributed by atoms with Gasteiger partial charge in [0.25, 0.3) is 0 Å². The lowest BCUT2D eigenvalue weighted by Gasteiger charge is -2.31. The first-order valence-electron chi connectivity index (χ1n) is 10.5. The van der Waals surface area contributed by atoms with Crippen LogP contribution in [0.15, 0.2) is 18.2 Å². The Bertz CT molecular complexity index is 689. The Morgan fingerprint density at radius 3 is 2.69 bits per heavy atom. The highest BCUT2D eigenvalue weighted by Gasteiger charge is 2.27. The minimum Gasteiger partial charge on any atom is -0.490 e. The van der Waals surface area contributed by atoms with Crippen LogP contribution in [0.1, 0.15) is 32.6 Å². The number of benzene rings is 1. The summed E-state index contributed by atoms with van der Waals surface area (Å²) in [4.78, 5) is 26.6. The molecule has 2 heterocycles. The third kappa shape index (κ3) is 6.25. The number of carbonyl (C=O) groups is 2. The van der Waals surface area contributed by atoms with E-state index in [0.29, 0.717) is 76.1 Å². The van der Waals surface area contributed by atoms with Gasteiger partial charge in [-0.25, -0.2) is 4.79 Å². The van der Waals surface area contributed by atoms with Gasteiger partial charge in [-0.2, -0.15) is 0 Å². The van der Waals surface area contributed by atoms with Crippen molar-refractivity contribution in [1.29, 1.82) is 0 Å². The van der Waals surface area contributed by atoms with Gasteiger partial charge in [0, 0.05) is 56.9 Å². The molecule has 1 saturated heterocycles. The monoisotopic (exact) mass is 405 g/mol. The predicted molar refractivity (Wildman–Crippen MR) is 109 cm³/mol. The predicted octanol–water partition coefficient (Wildman–Crippen LogP) is 2.63. The molecule has 0 atom stereocenters. The van der Waals surface area contributed by atoms with E-state index in [-0.39, 0.29) is 17.9 Å². The molecule has 160 valence electrons. The van der Waals surface area contributed by atoms with Crippen molar-refractivity contribution >= 4 is 17.6 Å². The van der Waals surface area contributed by atoms with Crippen molar-refractivity contribution in [3.63, 3.8) is 0 Å². The maximum absolute atomic E-state index is 12.6. The Hall–Kier alpha value is -2.48. The molecular weight excluding hydrogens is 374 g/mol. The maximum atomic E-state index is 12.6. The van der Waals surface area contributed by atoms with Crippen molar-refractivity contribution in [3.8, 4) is 11.5 Å². The van der Waals surface area contributed by atoms with Gasteiger partial charge >= 0.3 is 6.03 Å². The fourth-order valence-electron chi connectivity index (χ4n) is 3.46. The van der Waals surface area contributed by atoms with Crippen molar-refractivity contribution in [2.75, 3.05) is 51.4 Å². The number of hydrogen-bond donors (Lipinski definition) is 2. The van der Waals surface area contributed by atoms with Gasteiger partial charge in [-0.15, -0.1) is 0 Å². The Morgan fingerprint density at radius 1 is 1.17 bits per heavy atom.